The third-order valence-corrected chi connectivity index (χ3v) is 4.84. The summed E-state index contributed by atoms with van der Waals surface area (Å²) in [7, 11) is 0. The molecule has 8 nitrogen and oxygen atoms in total. The molecule has 4 heterocycles. The Labute approximate surface area is 177 Å². The minimum atomic E-state index is -0.210. The van der Waals surface area contributed by atoms with E-state index in [2.05, 4.69) is 25.5 Å². The topological polar surface area (TPSA) is 109 Å². The molecule has 0 spiro atoms. The highest BCUT2D eigenvalue weighted by molar-refractivity contribution is 5.95. The molecule has 0 radical (unpaired) electrons. The van der Waals surface area contributed by atoms with E-state index in [-0.39, 0.29) is 11.7 Å². The molecule has 5 aromatic rings. The highest BCUT2D eigenvalue weighted by atomic mass is 16.5. The fourth-order valence-electron chi connectivity index (χ4n) is 3.51. The Balaban J connectivity index is 1.63. The maximum atomic E-state index is 12.6. The van der Waals surface area contributed by atoms with Crippen LogP contribution in [0.15, 0.2) is 66.0 Å². The Bertz CT molecular complexity index is 1450. The zero-order valence-corrected chi connectivity index (χ0v) is 17.0. The number of hydrogen-bond donors (Lipinski definition) is 3. The maximum Gasteiger partial charge on any atom is 0.259 e. The summed E-state index contributed by atoms with van der Waals surface area (Å²) < 4.78 is 5.77. The summed E-state index contributed by atoms with van der Waals surface area (Å²) in [5.74, 6) is 1.13. The van der Waals surface area contributed by atoms with Crippen molar-refractivity contribution in [2.45, 2.75) is 20.0 Å². The fraction of sp³-hybridized carbons (Fsp3) is 0.130. The summed E-state index contributed by atoms with van der Waals surface area (Å²) in [6.45, 7) is 3.93. The molecule has 0 bridgehead atoms. The van der Waals surface area contributed by atoms with Crippen LogP contribution in [0.5, 0.6) is 5.75 Å². The van der Waals surface area contributed by atoms with E-state index in [0.717, 1.165) is 27.5 Å². The summed E-state index contributed by atoms with van der Waals surface area (Å²) in [4.78, 5) is 24.4. The van der Waals surface area contributed by atoms with Crippen molar-refractivity contribution in [3.05, 3.63) is 71.5 Å². The van der Waals surface area contributed by atoms with E-state index in [1.54, 1.807) is 24.8 Å². The van der Waals surface area contributed by atoms with Crippen molar-refractivity contribution in [2.75, 3.05) is 5.32 Å². The van der Waals surface area contributed by atoms with Gasteiger partial charge >= 0.3 is 0 Å². The van der Waals surface area contributed by atoms with Gasteiger partial charge in [-0.25, -0.2) is 4.98 Å². The monoisotopic (exact) mass is 412 g/mol. The maximum absolute atomic E-state index is 12.6. The lowest BCUT2D eigenvalue weighted by Crippen LogP contribution is -2.09. The number of fused-ring (bicyclic) bond motifs is 2. The molecular formula is C23H20N6O2. The number of ether oxygens (including phenoxy) is 1. The Morgan fingerprint density at radius 2 is 1.94 bits per heavy atom. The third kappa shape index (κ3) is 3.71. The molecule has 154 valence electrons. The van der Waals surface area contributed by atoms with Crippen LogP contribution in [0, 0.1) is 0 Å². The second kappa shape index (κ2) is 7.56. The molecule has 3 N–H and O–H groups in total. The van der Waals surface area contributed by atoms with Gasteiger partial charge in [-0.3, -0.25) is 14.9 Å². The van der Waals surface area contributed by atoms with Crippen molar-refractivity contribution in [2.24, 2.45) is 0 Å². The molecule has 8 heteroatoms. The van der Waals surface area contributed by atoms with E-state index < -0.39 is 0 Å². The van der Waals surface area contributed by atoms with Crippen molar-refractivity contribution in [1.82, 2.24) is 25.1 Å². The van der Waals surface area contributed by atoms with Gasteiger partial charge in [0.25, 0.3) is 5.56 Å². The van der Waals surface area contributed by atoms with Gasteiger partial charge in [0.05, 0.1) is 35.1 Å². The molecule has 4 aromatic heterocycles. The van der Waals surface area contributed by atoms with Crippen LogP contribution in [0.4, 0.5) is 11.5 Å². The number of aromatic amines is 2. The first kappa shape index (κ1) is 18.8. The van der Waals surface area contributed by atoms with E-state index in [1.807, 2.05) is 50.2 Å². The lowest BCUT2D eigenvalue weighted by molar-refractivity contribution is 0.241. The zero-order valence-electron chi connectivity index (χ0n) is 17.0. The first-order chi connectivity index (χ1) is 15.1. The fourth-order valence-corrected chi connectivity index (χ4v) is 3.51. The highest BCUT2D eigenvalue weighted by Gasteiger charge is 2.13. The van der Waals surface area contributed by atoms with Crippen LogP contribution in [-0.4, -0.2) is 31.3 Å². The van der Waals surface area contributed by atoms with Crippen molar-refractivity contribution in [3.63, 3.8) is 0 Å². The van der Waals surface area contributed by atoms with E-state index in [4.69, 9.17) is 9.72 Å². The molecule has 1 aromatic carbocycles. The van der Waals surface area contributed by atoms with E-state index in [1.165, 1.54) is 0 Å². The Morgan fingerprint density at radius 1 is 1.03 bits per heavy atom. The van der Waals surface area contributed by atoms with Crippen LogP contribution in [0.3, 0.4) is 0 Å². The van der Waals surface area contributed by atoms with Crippen molar-refractivity contribution in [1.29, 1.82) is 0 Å². The van der Waals surface area contributed by atoms with Crippen molar-refractivity contribution >= 4 is 33.2 Å². The first-order valence-electron chi connectivity index (χ1n) is 9.91. The average Bonchev–Trinajstić information content (AvgIpc) is 3.21. The van der Waals surface area contributed by atoms with Crippen LogP contribution in [0.2, 0.25) is 0 Å². The SMILES string of the molecule is CC(C)Oc1cncc(-c2cc3cc[nH]c(=O)c3c(Nc3ccc4[nH]ncc4c3)n2)c1. The number of anilines is 2. The van der Waals surface area contributed by atoms with Gasteiger partial charge in [0.2, 0.25) is 0 Å². The normalized spacial score (nSPS) is 11.3. The largest absolute Gasteiger partial charge is 0.489 e. The number of rotatable bonds is 5. The predicted octanol–water partition coefficient (Wildman–Crippen LogP) is 4.39. The van der Waals surface area contributed by atoms with Gasteiger partial charge in [0.1, 0.15) is 11.6 Å². The average molecular weight is 412 g/mol. The lowest BCUT2D eigenvalue weighted by Gasteiger charge is -2.13. The standard InChI is InChI=1S/C23H20N6O2/c1-13(2)31-18-8-16(10-24-12-18)20-9-14-5-6-25-23(30)21(14)22(28-20)27-17-3-4-19-15(7-17)11-26-29-19/h3-13H,1-2H3,(H,25,30)(H,26,29)(H,27,28). The van der Waals surface area contributed by atoms with Gasteiger partial charge in [0, 0.05) is 29.0 Å². The van der Waals surface area contributed by atoms with Crippen molar-refractivity contribution < 1.29 is 4.74 Å². The van der Waals surface area contributed by atoms with Gasteiger partial charge < -0.3 is 15.0 Å². The number of benzene rings is 1. The summed E-state index contributed by atoms with van der Waals surface area (Å²) in [6, 6.07) is 11.4. The second-order valence-electron chi connectivity index (χ2n) is 7.50. The zero-order chi connectivity index (χ0) is 21.4. The molecule has 0 aliphatic carbocycles. The summed E-state index contributed by atoms with van der Waals surface area (Å²) in [5, 5.41) is 12.5. The number of nitrogens with zero attached hydrogens (tertiary/aromatic N) is 3. The smallest absolute Gasteiger partial charge is 0.259 e. The Kier molecular flexibility index (Phi) is 4.59. The van der Waals surface area contributed by atoms with Gasteiger partial charge in [-0.05, 0) is 55.6 Å². The molecule has 0 amide bonds. The van der Waals surface area contributed by atoms with Gasteiger partial charge in [-0.15, -0.1) is 0 Å². The van der Waals surface area contributed by atoms with E-state index >= 15 is 0 Å². The number of nitrogens with one attached hydrogen (secondary N) is 3. The predicted molar refractivity (Wildman–Crippen MR) is 121 cm³/mol. The van der Waals surface area contributed by atoms with Crippen LogP contribution in [0.25, 0.3) is 32.9 Å². The highest BCUT2D eigenvalue weighted by Crippen LogP contribution is 2.29. The molecule has 0 saturated carbocycles. The van der Waals surface area contributed by atoms with E-state index in [9.17, 15) is 4.79 Å². The molecule has 0 fully saturated rings. The number of hydrogen-bond acceptors (Lipinski definition) is 6. The summed E-state index contributed by atoms with van der Waals surface area (Å²) in [6.07, 6.45) is 6.83. The third-order valence-electron chi connectivity index (χ3n) is 4.84. The minimum absolute atomic E-state index is 0.0373. The van der Waals surface area contributed by atoms with Crippen LogP contribution in [-0.2, 0) is 0 Å². The van der Waals surface area contributed by atoms with Crippen LogP contribution < -0.4 is 15.6 Å². The Morgan fingerprint density at radius 3 is 2.81 bits per heavy atom. The second-order valence-corrected chi connectivity index (χ2v) is 7.50. The minimum Gasteiger partial charge on any atom is -0.489 e. The molecule has 31 heavy (non-hydrogen) atoms. The number of H-pyrrole nitrogens is 2. The number of pyridine rings is 3. The van der Waals surface area contributed by atoms with Crippen LogP contribution >= 0.6 is 0 Å². The molecule has 0 atom stereocenters. The molecular weight excluding hydrogens is 392 g/mol. The molecule has 5 rings (SSSR count). The Hall–Kier alpha value is -4.20. The van der Waals surface area contributed by atoms with Gasteiger partial charge in [0.15, 0.2) is 0 Å². The molecule has 0 aliphatic rings. The van der Waals surface area contributed by atoms with E-state index in [0.29, 0.717) is 22.6 Å². The summed E-state index contributed by atoms with van der Waals surface area (Å²) >= 11 is 0. The quantitative estimate of drug-likeness (QED) is 0.395. The van der Waals surface area contributed by atoms with Gasteiger partial charge in [-0.1, -0.05) is 0 Å². The summed E-state index contributed by atoms with van der Waals surface area (Å²) in [5.41, 5.74) is 3.01. The molecule has 0 saturated heterocycles. The number of aromatic nitrogens is 5. The molecule has 0 unspecified atom stereocenters. The lowest BCUT2D eigenvalue weighted by atomic mass is 10.1. The van der Waals surface area contributed by atoms with Crippen molar-refractivity contribution in [3.8, 4) is 17.0 Å². The molecule has 0 aliphatic heterocycles. The first-order valence-corrected chi connectivity index (χ1v) is 9.91. The van der Waals surface area contributed by atoms with Crippen LogP contribution in [0.1, 0.15) is 13.8 Å². The van der Waals surface area contributed by atoms with Gasteiger partial charge in [-0.2, -0.15) is 5.10 Å².